The lowest BCUT2D eigenvalue weighted by molar-refractivity contribution is -0.137. The third-order valence-electron chi connectivity index (χ3n) is 2.76. The molecule has 112 valence electrons. The number of nitrogens with one attached hydrogen (secondary N) is 2. The van der Waals surface area contributed by atoms with E-state index in [1.54, 1.807) is 24.3 Å². The van der Waals surface area contributed by atoms with Crippen molar-refractivity contribution in [3.8, 4) is 12.3 Å². The lowest BCUT2D eigenvalue weighted by Crippen LogP contribution is -2.19. The summed E-state index contributed by atoms with van der Waals surface area (Å²) in [4.78, 5) is 11.8. The average Bonchev–Trinajstić information content (AvgIpc) is 2.47. The van der Waals surface area contributed by atoms with Crippen LogP contribution in [0.2, 0.25) is 0 Å². The molecule has 22 heavy (non-hydrogen) atoms. The molecule has 0 radical (unpaired) electrons. The van der Waals surface area contributed by atoms with Crippen molar-refractivity contribution >= 4 is 17.4 Å². The minimum Gasteiger partial charge on any atom is -0.308 e. The van der Waals surface area contributed by atoms with Crippen molar-refractivity contribution in [3.05, 3.63) is 59.7 Å². The summed E-state index contributed by atoms with van der Waals surface area (Å²) in [5, 5.41) is 4.98. The maximum atomic E-state index is 12.4. The van der Waals surface area contributed by atoms with Crippen LogP contribution in [0.4, 0.5) is 29.3 Å². The third-order valence-corrected chi connectivity index (χ3v) is 2.76. The van der Waals surface area contributed by atoms with E-state index >= 15 is 0 Å². The van der Waals surface area contributed by atoms with E-state index in [0.29, 0.717) is 11.3 Å². The van der Waals surface area contributed by atoms with Gasteiger partial charge in [-0.2, -0.15) is 13.2 Å². The second kappa shape index (κ2) is 6.22. The summed E-state index contributed by atoms with van der Waals surface area (Å²) < 4.78 is 37.3. The number of hydrogen-bond acceptors (Lipinski definition) is 1. The van der Waals surface area contributed by atoms with Crippen LogP contribution in [-0.4, -0.2) is 6.03 Å². The first kappa shape index (κ1) is 15.4. The number of carbonyl (C=O) groups excluding carboxylic acids is 1. The van der Waals surface area contributed by atoms with E-state index in [4.69, 9.17) is 6.42 Å². The molecule has 0 aliphatic carbocycles. The van der Waals surface area contributed by atoms with Crippen LogP contribution < -0.4 is 10.6 Å². The highest BCUT2D eigenvalue weighted by atomic mass is 19.4. The molecule has 0 saturated carbocycles. The van der Waals surface area contributed by atoms with Gasteiger partial charge in [0.05, 0.1) is 5.56 Å². The second-order valence-corrected chi connectivity index (χ2v) is 4.38. The van der Waals surface area contributed by atoms with Gasteiger partial charge in [-0.15, -0.1) is 6.42 Å². The van der Waals surface area contributed by atoms with Gasteiger partial charge in [-0.1, -0.05) is 12.0 Å². The fraction of sp³-hybridized carbons (Fsp3) is 0.0625. The minimum atomic E-state index is -4.41. The SMILES string of the molecule is C#Cc1cccc(NC(=O)Nc2ccc(C(F)(F)F)cc2)c1. The Kier molecular flexibility index (Phi) is 4.37. The molecule has 0 aromatic heterocycles. The van der Waals surface area contributed by atoms with Gasteiger partial charge in [-0.25, -0.2) is 4.79 Å². The number of hydrogen-bond donors (Lipinski definition) is 2. The van der Waals surface area contributed by atoms with Crippen LogP contribution in [0.3, 0.4) is 0 Å². The zero-order valence-electron chi connectivity index (χ0n) is 11.2. The fourth-order valence-corrected chi connectivity index (χ4v) is 1.72. The molecule has 0 bridgehead atoms. The molecular weight excluding hydrogens is 293 g/mol. The molecule has 0 fully saturated rings. The average molecular weight is 304 g/mol. The van der Waals surface area contributed by atoms with Crippen LogP contribution in [0.25, 0.3) is 0 Å². The molecular formula is C16H11F3N2O. The lowest BCUT2D eigenvalue weighted by atomic mass is 10.2. The summed E-state index contributed by atoms with van der Waals surface area (Å²) in [6.45, 7) is 0. The number of amides is 2. The molecule has 0 heterocycles. The van der Waals surface area contributed by atoms with Crippen molar-refractivity contribution in [1.29, 1.82) is 0 Å². The highest BCUT2D eigenvalue weighted by Crippen LogP contribution is 2.29. The zero-order valence-corrected chi connectivity index (χ0v) is 11.2. The molecule has 2 N–H and O–H groups in total. The normalized spacial score (nSPS) is 10.6. The Morgan fingerprint density at radius 2 is 1.64 bits per heavy atom. The van der Waals surface area contributed by atoms with Crippen LogP contribution in [0, 0.1) is 12.3 Å². The number of rotatable bonds is 2. The lowest BCUT2D eigenvalue weighted by Gasteiger charge is -2.10. The van der Waals surface area contributed by atoms with E-state index in [-0.39, 0.29) is 5.69 Å². The highest BCUT2D eigenvalue weighted by molar-refractivity contribution is 5.99. The van der Waals surface area contributed by atoms with Crippen molar-refractivity contribution in [2.75, 3.05) is 10.6 Å². The number of carbonyl (C=O) groups is 1. The molecule has 0 unspecified atom stereocenters. The summed E-state index contributed by atoms with van der Waals surface area (Å²) in [5.41, 5.74) is 0.561. The zero-order chi connectivity index (χ0) is 16.2. The Hall–Kier alpha value is -2.94. The molecule has 0 aliphatic rings. The molecule has 0 saturated heterocycles. The number of halogens is 3. The van der Waals surface area contributed by atoms with Crippen molar-refractivity contribution in [1.82, 2.24) is 0 Å². The Morgan fingerprint density at radius 1 is 1.00 bits per heavy atom. The van der Waals surface area contributed by atoms with E-state index in [1.165, 1.54) is 12.1 Å². The number of alkyl halides is 3. The van der Waals surface area contributed by atoms with E-state index in [2.05, 4.69) is 16.6 Å². The van der Waals surface area contributed by atoms with Crippen molar-refractivity contribution < 1.29 is 18.0 Å². The van der Waals surface area contributed by atoms with Gasteiger partial charge in [-0.3, -0.25) is 0 Å². The minimum absolute atomic E-state index is 0.249. The summed E-state index contributed by atoms with van der Waals surface area (Å²) >= 11 is 0. The fourth-order valence-electron chi connectivity index (χ4n) is 1.72. The van der Waals surface area contributed by atoms with Gasteiger partial charge in [0.2, 0.25) is 0 Å². The monoisotopic (exact) mass is 304 g/mol. The first-order valence-corrected chi connectivity index (χ1v) is 6.20. The Balaban J connectivity index is 2.01. The van der Waals surface area contributed by atoms with Crippen molar-refractivity contribution in [3.63, 3.8) is 0 Å². The Bertz CT molecular complexity index is 715. The summed E-state index contributed by atoms with van der Waals surface area (Å²) in [5.74, 6) is 2.43. The standard InChI is InChI=1S/C16H11F3N2O/c1-2-11-4-3-5-14(10-11)21-15(22)20-13-8-6-12(7-9-13)16(17,18)19/h1,3-10H,(H2,20,21,22). The second-order valence-electron chi connectivity index (χ2n) is 4.38. The van der Waals surface area contributed by atoms with Gasteiger partial charge in [-0.05, 0) is 42.5 Å². The summed E-state index contributed by atoms with van der Waals surface area (Å²) in [6.07, 6.45) is 0.846. The van der Waals surface area contributed by atoms with Gasteiger partial charge in [0.25, 0.3) is 0 Å². The van der Waals surface area contributed by atoms with E-state index in [1.807, 2.05) is 0 Å². The number of anilines is 2. The number of benzene rings is 2. The molecule has 0 spiro atoms. The van der Waals surface area contributed by atoms with Gasteiger partial charge >= 0.3 is 12.2 Å². The Morgan fingerprint density at radius 3 is 2.23 bits per heavy atom. The van der Waals surface area contributed by atoms with Crippen LogP contribution in [0.1, 0.15) is 11.1 Å². The van der Waals surface area contributed by atoms with E-state index in [0.717, 1.165) is 12.1 Å². The molecule has 2 aromatic rings. The number of terminal acetylenes is 1. The highest BCUT2D eigenvalue weighted by Gasteiger charge is 2.29. The predicted octanol–water partition coefficient (Wildman–Crippen LogP) is 4.33. The van der Waals surface area contributed by atoms with Crippen LogP contribution >= 0.6 is 0 Å². The van der Waals surface area contributed by atoms with Crippen molar-refractivity contribution in [2.45, 2.75) is 6.18 Å². The number of urea groups is 1. The maximum Gasteiger partial charge on any atom is 0.416 e. The molecule has 6 heteroatoms. The van der Waals surface area contributed by atoms with Crippen LogP contribution in [-0.2, 0) is 6.18 Å². The quantitative estimate of drug-likeness (QED) is 0.797. The summed E-state index contributed by atoms with van der Waals surface area (Å²) in [6, 6.07) is 10.2. The molecule has 0 aliphatic heterocycles. The van der Waals surface area contributed by atoms with E-state index in [9.17, 15) is 18.0 Å². The largest absolute Gasteiger partial charge is 0.416 e. The Labute approximate surface area is 125 Å². The first-order valence-electron chi connectivity index (χ1n) is 6.20. The topological polar surface area (TPSA) is 41.1 Å². The van der Waals surface area contributed by atoms with E-state index < -0.39 is 17.8 Å². The predicted molar refractivity (Wildman–Crippen MR) is 78.5 cm³/mol. The molecule has 2 rings (SSSR count). The van der Waals surface area contributed by atoms with Crippen molar-refractivity contribution in [2.24, 2.45) is 0 Å². The van der Waals surface area contributed by atoms with Gasteiger partial charge in [0, 0.05) is 16.9 Å². The molecule has 3 nitrogen and oxygen atoms in total. The van der Waals surface area contributed by atoms with Gasteiger partial charge < -0.3 is 10.6 Å². The van der Waals surface area contributed by atoms with Crippen LogP contribution in [0.5, 0.6) is 0 Å². The molecule has 2 aromatic carbocycles. The van der Waals surface area contributed by atoms with Gasteiger partial charge in [0.1, 0.15) is 0 Å². The maximum absolute atomic E-state index is 12.4. The molecule has 2 amide bonds. The smallest absolute Gasteiger partial charge is 0.308 e. The van der Waals surface area contributed by atoms with Gasteiger partial charge in [0.15, 0.2) is 0 Å². The first-order chi connectivity index (χ1) is 10.4. The third kappa shape index (κ3) is 4.03. The molecule has 0 atom stereocenters. The summed E-state index contributed by atoms with van der Waals surface area (Å²) in [7, 11) is 0. The van der Waals surface area contributed by atoms with Crippen LogP contribution in [0.15, 0.2) is 48.5 Å².